The summed E-state index contributed by atoms with van der Waals surface area (Å²) in [5.41, 5.74) is 0.659. The summed E-state index contributed by atoms with van der Waals surface area (Å²) in [6, 6.07) is -0.520. The summed E-state index contributed by atoms with van der Waals surface area (Å²) in [5, 5.41) is 9.86. The molecule has 0 aliphatic carbocycles. The van der Waals surface area contributed by atoms with Crippen LogP contribution >= 0.6 is 11.8 Å². The maximum absolute atomic E-state index is 12.4. The summed E-state index contributed by atoms with van der Waals surface area (Å²) in [6.07, 6.45) is 8.15. The monoisotopic (exact) mass is 354 g/mol. The van der Waals surface area contributed by atoms with Gasteiger partial charge in [0.15, 0.2) is 0 Å². The van der Waals surface area contributed by atoms with Gasteiger partial charge < -0.3 is 15.4 Å². The molecule has 1 aromatic heterocycles. The van der Waals surface area contributed by atoms with Gasteiger partial charge in [0.05, 0.1) is 11.9 Å². The molecular weight excluding hydrogens is 328 g/mol. The largest absolute Gasteiger partial charge is 0.381 e. The van der Waals surface area contributed by atoms with Crippen LogP contribution < -0.4 is 10.6 Å². The van der Waals surface area contributed by atoms with Gasteiger partial charge in [-0.1, -0.05) is 0 Å². The zero-order chi connectivity index (χ0) is 17.4. The number of aromatic nitrogens is 2. The van der Waals surface area contributed by atoms with E-state index in [2.05, 4.69) is 15.7 Å². The van der Waals surface area contributed by atoms with Gasteiger partial charge in [0.2, 0.25) is 11.8 Å². The molecule has 1 fully saturated rings. The van der Waals surface area contributed by atoms with Gasteiger partial charge in [0.25, 0.3) is 0 Å². The Bertz CT molecular complexity index is 543. The molecule has 24 heavy (non-hydrogen) atoms. The minimum Gasteiger partial charge on any atom is -0.381 e. The lowest BCUT2D eigenvalue weighted by Gasteiger charge is -2.21. The third-order valence-electron chi connectivity index (χ3n) is 3.99. The highest BCUT2D eigenvalue weighted by Crippen LogP contribution is 2.17. The first kappa shape index (κ1) is 18.8. The number of ether oxygens (including phenoxy) is 1. The maximum atomic E-state index is 12.4. The summed E-state index contributed by atoms with van der Waals surface area (Å²) >= 11 is 1.65. The van der Waals surface area contributed by atoms with Crippen LogP contribution in [0.1, 0.15) is 26.2 Å². The van der Waals surface area contributed by atoms with E-state index in [-0.39, 0.29) is 11.8 Å². The number of carbonyl (C=O) groups excluding carboxylic acids is 2. The number of rotatable bonds is 8. The zero-order valence-corrected chi connectivity index (χ0v) is 15.1. The number of thioether (sulfide) groups is 1. The van der Waals surface area contributed by atoms with E-state index < -0.39 is 6.04 Å². The highest BCUT2D eigenvalue weighted by molar-refractivity contribution is 7.98. The molecule has 1 saturated heterocycles. The highest BCUT2D eigenvalue weighted by Gasteiger charge is 2.20. The van der Waals surface area contributed by atoms with Gasteiger partial charge in [0.1, 0.15) is 6.04 Å². The molecule has 2 rings (SSSR count). The molecule has 8 heteroatoms. The SMILES string of the molecule is CSCCC(NC(C)=O)C(=O)Nc1cnn(CC2CCOCC2)c1. The standard InChI is InChI=1S/C16H26N4O3S/c1-12(21)18-15(5-8-24-2)16(22)19-14-9-17-20(11-14)10-13-3-6-23-7-4-13/h9,11,13,15H,3-8,10H2,1-2H3,(H,18,21)(H,19,22). The van der Waals surface area contributed by atoms with Crippen molar-refractivity contribution in [1.82, 2.24) is 15.1 Å². The minimum absolute atomic E-state index is 0.202. The van der Waals surface area contributed by atoms with Crippen molar-refractivity contribution in [2.45, 2.75) is 38.8 Å². The summed E-state index contributed by atoms with van der Waals surface area (Å²) in [5.74, 6) is 0.966. The maximum Gasteiger partial charge on any atom is 0.247 e. The van der Waals surface area contributed by atoms with Crippen molar-refractivity contribution in [3.05, 3.63) is 12.4 Å². The molecule has 1 aromatic rings. The fourth-order valence-electron chi connectivity index (χ4n) is 2.70. The van der Waals surface area contributed by atoms with Crippen LogP contribution in [-0.2, 0) is 20.9 Å². The highest BCUT2D eigenvalue weighted by atomic mass is 32.2. The Hall–Kier alpha value is -1.54. The minimum atomic E-state index is -0.520. The summed E-state index contributed by atoms with van der Waals surface area (Å²) < 4.78 is 7.22. The van der Waals surface area contributed by atoms with Gasteiger partial charge in [-0.2, -0.15) is 16.9 Å². The molecule has 2 heterocycles. The number of nitrogens with one attached hydrogen (secondary N) is 2. The lowest BCUT2D eigenvalue weighted by atomic mass is 10.0. The van der Waals surface area contributed by atoms with E-state index in [1.165, 1.54) is 6.92 Å². The van der Waals surface area contributed by atoms with Crippen LogP contribution in [0.5, 0.6) is 0 Å². The Morgan fingerprint density at radius 3 is 2.88 bits per heavy atom. The van der Waals surface area contributed by atoms with Crippen molar-refractivity contribution < 1.29 is 14.3 Å². The van der Waals surface area contributed by atoms with Gasteiger partial charge in [0, 0.05) is 32.9 Å². The summed E-state index contributed by atoms with van der Waals surface area (Å²) in [6.45, 7) is 3.87. The number of carbonyl (C=O) groups is 2. The van der Waals surface area contributed by atoms with E-state index in [1.54, 1.807) is 18.0 Å². The lowest BCUT2D eigenvalue weighted by molar-refractivity contribution is -0.125. The summed E-state index contributed by atoms with van der Waals surface area (Å²) in [7, 11) is 0. The Kier molecular flexibility index (Phi) is 7.58. The Labute approximate surface area is 146 Å². The first-order chi connectivity index (χ1) is 11.6. The average molecular weight is 354 g/mol. The Balaban J connectivity index is 1.88. The first-order valence-electron chi connectivity index (χ1n) is 8.25. The van der Waals surface area contributed by atoms with Crippen LogP contribution in [-0.4, -0.2) is 52.9 Å². The third-order valence-corrected chi connectivity index (χ3v) is 4.64. The van der Waals surface area contributed by atoms with Gasteiger partial charge in [-0.05, 0) is 37.2 Å². The van der Waals surface area contributed by atoms with E-state index in [1.807, 2.05) is 17.1 Å². The molecular formula is C16H26N4O3S. The van der Waals surface area contributed by atoms with Crippen molar-refractivity contribution in [3.63, 3.8) is 0 Å². The molecule has 0 saturated carbocycles. The first-order valence-corrected chi connectivity index (χ1v) is 9.65. The fourth-order valence-corrected chi connectivity index (χ4v) is 3.17. The van der Waals surface area contributed by atoms with Gasteiger partial charge in [-0.15, -0.1) is 0 Å². The van der Waals surface area contributed by atoms with Crippen LogP contribution in [0.2, 0.25) is 0 Å². The van der Waals surface area contributed by atoms with Crippen molar-refractivity contribution in [2.75, 3.05) is 30.5 Å². The molecule has 0 spiro atoms. The van der Waals surface area contributed by atoms with E-state index in [4.69, 9.17) is 4.74 Å². The molecule has 1 aliphatic heterocycles. The molecule has 0 radical (unpaired) electrons. The Morgan fingerprint density at radius 1 is 1.46 bits per heavy atom. The van der Waals surface area contributed by atoms with Gasteiger partial charge in [-0.25, -0.2) is 0 Å². The molecule has 134 valence electrons. The second kappa shape index (κ2) is 9.68. The number of amides is 2. The molecule has 2 amide bonds. The Morgan fingerprint density at radius 2 is 2.21 bits per heavy atom. The number of nitrogens with zero attached hydrogens (tertiary/aromatic N) is 2. The third kappa shape index (κ3) is 6.16. The van der Waals surface area contributed by atoms with Crippen molar-refractivity contribution in [1.29, 1.82) is 0 Å². The normalized spacial score (nSPS) is 16.6. The van der Waals surface area contributed by atoms with Crippen LogP contribution in [0.3, 0.4) is 0 Å². The predicted molar refractivity (Wildman–Crippen MR) is 95.0 cm³/mol. The second-order valence-electron chi connectivity index (χ2n) is 6.03. The number of hydrogen-bond donors (Lipinski definition) is 2. The zero-order valence-electron chi connectivity index (χ0n) is 14.3. The van der Waals surface area contributed by atoms with Gasteiger partial charge in [-0.3, -0.25) is 14.3 Å². The van der Waals surface area contributed by atoms with E-state index >= 15 is 0 Å². The topological polar surface area (TPSA) is 85.3 Å². The second-order valence-corrected chi connectivity index (χ2v) is 7.02. The number of anilines is 1. The van der Waals surface area contributed by atoms with E-state index in [0.717, 1.165) is 38.4 Å². The number of hydrogen-bond acceptors (Lipinski definition) is 5. The van der Waals surface area contributed by atoms with Crippen LogP contribution in [0.15, 0.2) is 12.4 Å². The van der Waals surface area contributed by atoms with Crippen LogP contribution in [0.25, 0.3) is 0 Å². The van der Waals surface area contributed by atoms with Crippen molar-refractivity contribution in [2.24, 2.45) is 5.92 Å². The molecule has 2 N–H and O–H groups in total. The van der Waals surface area contributed by atoms with Crippen LogP contribution in [0, 0.1) is 5.92 Å². The van der Waals surface area contributed by atoms with E-state index in [9.17, 15) is 9.59 Å². The molecule has 1 atom stereocenters. The molecule has 0 bridgehead atoms. The average Bonchev–Trinajstić information content (AvgIpc) is 2.99. The summed E-state index contributed by atoms with van der Waals surface area (Å²) in [4.78, 5) is 23.6. The molecule has 1 unspecified atom stereocenters. The smallest absolute Gasteiger partial charge is 0.247 e. The van der Waals surface area contributed by atoms with Crippen LogP contribution in [0.4, 0.5) is 5.69 Å². The molecule has 1 aliphatic rings. The predicted octanol–water partition coefficient (Wildman–Crippen LogP) is 1.51. The fraction of sp³-hybridized carbons (Fsp3) is 0.688. The molecule has 7 nitrogen and oxygen atoms in total. The van der Waals surface area contributed by atoms with Crippen molar-refractivity contribution in [3.8, 4) is 0 Å². The lowest BCUT2D eigenvalue weighted by Crippen LogP contribution is -2.43. The van der Waals surface area contributed by atoms with Gasteiger partial charge >= 0.3 is 0 Å². The van der Waals surface area contributed by atoms with E-state index in [0.29, 0.717) is 18.0 Å². The van der Waals surface area contributed by atoms with Crippen molar-refractivity contribution >= 4 is 29.3 Å². The molecule has 0 aromatic carbocycles. The quantitative estimate of drug-likeness (QED) is 0.739.